The van der Waals surface area contributed by atoms with Gasteiger partial charge in [-0.3, -0.25) is 0 Å². The van der Waals surface area contributed by atoms with Gasteiger partial charge in [0.2, 0.25) is 0 Å². The van der Waals surface area contributed by atoms with Gasteiger partial charge in [-0.1, -0.05) is 74.7 Å². The average molecular weight is 228 g/mol. The van der Waals surface area contributed by atoms with Crippen LogP contribution in [0.25, 0.3) is 0 Å². The van der Waals surface area contributed by atoms with Crippen molar-refractivity contribution in [3.8, 4) is 0 Å². The molecule has 1 aliphatic carbocycles. The van der Waals surface area contributed by atoms with Crippen LogP contribution < -0.4 is 0 Å². The molecule has 4 unspecified atom stereocenters. The van der Waals surface area contributed by atoms with Crippen LogP contribution in [0.2, 0.25) is 0 Å². The molecule has 0 heterocycles. The molecule has 16 heavy (non-hydrogen) atoms. The maximum atomic E-state index is 2.45. The van der Waals surface area contributed by atoms with Crippen molar-refractivity contribution in [2.24, 2.45) is 23.7 Å². The molecule has 0 N–H and O–H groups in total. The average Bonchev–Trinajstić information content (AvgIpc) is 2.59. The third-order valence-electron chi connectivity index (χ3n) is 3.85. The van der Waals surface area contributed by atoms with Gasteiger partial charge in [0, 0.05) is 0 Å². The van der Waals surface area contributed by atoms with Crippen molar-refractivity contribution < 1.29 is 0 Å². The first-order valence-corrected chi connectivity index (χ1v) is 7.70. The van der Waals surface area contributed by atoms with Crippen LogP contribution in [-0.4, -0.2) is 0 Å². The van der Waals surface area contributed by atoms with E-state index in [4.69, 9.17) is 0 Å². The predicted molar refractivity (Wildman–Crippen MR) is 77.8 cm³/mol. The van der Waals surface area contributed by atoms with Gasteiger partial charge >= 0.3 is 0 Å². The van der Waals surface area contributed by atoms with Crippen molar-refractivity contribution in [3.05, 3.63) is 0 Å². The second-order valence-electron chi connectivity index (χ2n) is 4.71. The third-order valence-corrected chi connectivity index (χ3v) is 3.85. The quantitative estimate of drug-likeness (QED) is 0.543. The molecule has 1 fully saturated rings. The molecule has 1 saturated carbocycles. The summed E-state index contributed by atoms with van der Waals surface area (Å²) in [6.45, 7) is 17.6. The molecule has 0 aliphatic heterocycles. The Morgan fingerprint density at radius 2 is 1.25 bits per heavy atom. The Kier molecular flexibility index (Phi) is 13.2. The van der Waals surface area contributed by atoms with Gasteiger partial charge in [-0.05, 0) is 30.1 Å². The molecule has 4 atom stereocenters. The molecule has 1 rings (SSSR count). The van der Waals surface area contributed by atoms with Crippen LogP contribution in [0.1, 0.15) is 81.1 Å². The van der Waals surface area contributed by atoms with Crippen molar-refractivity contribution in [2.75, 3.05) is 0 Å². The fourth-order valence-corrected chi connectivity index (χ4v) is 3.32. The van der Waals surface area contributed by atoms with Gasteiger partial charge in [0.1, 0.15) is 0 Å². The summed E-state index contributed by atoms with van der Waals surface area (Å²) in [6, 6.07) is 0. The molecule has 0 aromatic rings. The largest absolute Gasteiger partial charge is 0.0683 e. The van der Waals surface area contributed by atoms with E-state index in [-0.39, 0.29) is 0 Å². The first-order valence-electron chi connectivity index (χ1n) is 7.70. The van der Waals surface area contributed by atoms with E-state index in [1.54, 1.807) is 0 Å². The lowest BCUT2D eigenvalue weighted by molar-refractivity contribution is 0.272. The molecular formula is C16H36. The minimum atomic E-state index is 0.988. The molecule has 0 aromatic carbocycles. The fraction of sp³-hybridized carbons (Fsp3) is 1.00. The SMILES string of the molecule is CC.CC.CCCC1C(C)CC(C)C1CC. The van der Waals surface area contributed by atoms with E-state index in [9.17, 15) is 0 Å². The topological polar surface area (TPSA) is 0 Å². The van der Waals surface area contributed by atoms with E-state index in [2.05, 4.69) is 27.7 Å². The summed E-state index contributed by atoms with van der Waals surface area (Å²) in [6.07, 6.45) is 5.71. The summed E-state index contributed by atoms with van der Waals surface area (Å²) in [5.74, 6) is 4.04. The monoisotopic (exact) mass is 228 g/mol. The highest BCUT2D eigenvalue weighted by Crippen LogP contribution is 2.44. The van der Waals surface area contributed by atoms with Crippen LogP contribution in [0.3, 0.4) is 0 Å². The maximum Gasteiger partial charge on any atom is -0.0358 e. The zero-order chi connectivity index (χ0) is 13.1. The lowest BCUT2D eigenvalue weighted by Gasteiger charge is -2.22. The van der Waals surface area contributed by atoms with Gasteiger partial charge in [-0.15, -0.1) is 0 Å². The first-order chi connectivity index (χ1) is 7.70. The first kappa shape index (κ1) is 18.4. The Bertz CT molecular complexity index is 128. The summed E-state index contributed by atoms with van der Waals surface area (Å²) < 4.78 is 0. The Balaban J connectivity index is 0. The smallest absolute Gasteiger partial charge is 0.0358 e. The van der Waals surface area contributed by atoms with Crippen LogP contribution in [0.15, 0.2) is 0 Å². The van der Waals surface area contributed by atoms with Crippen LogP contribution in [0, 0.1) is 23.7 Å². The van der Waals surface area contributed by atoms with Crippen molar-refractivity contribution in [1.82, 2.24) is 0 Å². The van der Waals surface area contributed by atoms with Gasteiger partial charge in [0.15, 0.2) is 0 Å². The number of rotatable bonds is 3. The van der Waals surface area contributed by atoms with Gasteiger partial charge in [0.25, 0.3) is 0 Å². The van der Waals surface area contributed by atoms with E-state index in [0.29, 0.717) is 0 Å². The van der Waals surface area contributed by atoms with E-state index in [0.717, 1.165) is 23.7 Å². The van der Waals surface area contributed by atoms with Gasteiger partial charge in [-0.2, -0.15) is 0 Å². The lowest BCUT2D eigenvalue weighted by Crippen LogP contribution is -2.14. The molecule has 0 aromatic heterocycles. The van der Waals surface area contributed by atoms with Crippen molar-refractivity contribution in [1.29, 1.82) is 0 Å². The minimum absolute atomic E-state index is 0.988. The molecule has 1 aliphatic rings. The maximum absolute atomic E-state index is 2.45. The van der Waals surface area contributed by atoms with Gasteiger partial charge in [-0.25, -0.2) is 0 Å². The fourth-order valence-electron chi connectivity index (χ4n) is 3.32. The summed E-state index contributed by atoms with van der Waals surface area (Å²) in [5, 5.41) is 0. The molecule has 0 bridgehead atoms. The van der Waals surface area contributed by atoms with Crippen LogP contribution >= 0.6 is 0 Å². The third kappa shape index (κ3) is 5.37. The Morgan fingerprint density at radius 1 is 0.812 bits per heavy atom. The summed E-state index contributed by atoms with van der Waals surface area (Å²) in [5.41, 5.74) is 0. The highest BCUT2D eigenvalue weighted by molar-refractivity contribution is 4.85. The van der Waals surface area contributed by atoms with Crippen molar-refractivity contribution >= 4 is 0 Å². The van der Waals surface area contributed by atoms with E-state index in [1.165, 1.54) is 25.7 Å². The molecule has 100 valence electrons. The number of hydrogen-bond acceptors (Lipinski definition) is 0. The number of hydrogen-bond donors (Lipinski definition) is 0. The molecule has 0 nitrogen and oxygen atoms in total. The van der Waals surface area contributed by atoms with Crippen molar-refractivity contribution in [3.63, 3.8) is 0 Å². The normalized spacial score (nSPS) is 32.2. The molecular weight excluding hydrogens is 192 g/mol. The van der Waals surface area contributed by atoms with Gasteiger partial charge < -0.3 is 0 Å². The molecule has 0 saturated heterocycles. The van der Waals surface area contributed by atoms with E-state index in [1.807, 2.05) is 27.7 Å². The van der Waals surface area contributed by atoms with Crippen LogP contribution in [0.4, 0.5) is 0 Å². The molecule has 0 amide bonds. The highest BCUT2D eigenvalue weighted by atomic mass is 14.4. The van der Waals surface area contributed by atoms with Crippen molar-refractivity contribution in [2.45, 2.75) is 81.1 Å². The second-order valence-corrected chi connectivity index (χ2v) is 4.71. The van der Waals surface area contributed by atoms with Gasteiger partial charge in [0.05, 0.1) is 0 Å². The molecule has 0 heteroatoms. The minimum Gasteiger partial charge on any atom is -0.0683 e. The summed E-state index contributed by atoms with van der Waals surface area (Å²) in [4.78, 5) is 0. The lowest BCUT2D eigenvalue weighted by atomic mass is 9.83. The Labute approximate surface area is 105 Å². The Morgan fingerprint density at radius 3 is 1.62 bits per heavy atom. The van der Waals surface area contributed by atoms with E-state index >= 15 is 0 Å². The standard InChI is InChI=1S/C12H24.2C2H6/c1-5-7-12-10(4)8-9(3)11(12)6-2;2*1-2/h9-12H,5-8H2,1-4H3;2*1-2H3. The summed E-state index contributed by atoms with van der Waals surface area (Å²) >= 11 is 0. The predicted octanol–water partition coefficient (Wildman–Crippen LogP) is 6.16. The molecule has 0 spiro atoms. The van der Waals surface area contributed by atoms with Crippen LogP contribution in [0.5, 0.6) is 0 Å². The van der Waals surface area contributed by atoms with E-state index < -0.39 is 0 Å². The van der Waals surface area contributed by atoms with Crippen LogP contribution in [-0.2, 0) is 0 Å². The Hall–Kier alpha value is 0. The zero-order valence-corrected chi connectivity index (χ0v) is 13.1. The molecule has 0 radical (unpaired) electrons. The summed E-state index contributed by atoms with van der Waals surface area (Å²) in [7, 11) is 0. The highest BCUT2D eigenvalue weighted by Gasteiger charge is 2.36. The second kappa shape index (κ2) is 11.5. The zero-order valence-electron chi connectivity index (χ0n) is 13.1.